The normalized spacial score (nSPS) is 10.8. The number of methoxy groups -OCH3 is 2. The molecule has 0 spiro atoms. The average Bonchev–Trinajstić information content (AvgIpc) is 3.17. The second-order valence-electron chi connectivity index (χ2n) is 6.10. The summed E-state index contributed by atoms with van der Waals surface area (Å²) in [6.07, 6.45) is 0.719. The maximum Gasteiger partial charge on any atom is 0.340 e. The molecule has 142 valence electrons. The first-order valence-electron chi connectivity index (χ1n) is 8.49. The quantitative estimate of drug-likeness (QED) is 0.631. The van der Waals surface area contributed by atoms with Crippen molar-refractivity contribution in [3.8, 4) is 11.5 Å². The van der Waals surface area contributed by atoms with Crippen molar-refractivity contribution in [2.24, 2.45) is 0 Å². The van der Waals surface area contributed by atoms with Gasteiger partial charge in [-0.05, 0) is 41.3 Å². The molecule has 1 amide bonds. The predicted molar refractivity (Wildman–Crippen MR) is 105 cm³/mol. The second kappa shape index (κ2) is 8.26. The molecule has 6 nitrogen and oxygen atoms in total. The smallest absolute Gasteiger partial charge is 0.340 e. The summed E-state index contributed by atoms with van der Waals surface area (Å²) in [6, 6.07) is 5.39. The first-order chi connectivity index (χ1) is 13.0. The van der Waals surface area contributed by atoms with Crippen LogP contribution < -0.4 is 20.4 Å². The fourth-order valence-corrected chi connectivity index (χ4v) is 3.67. The van der Waals surface area contributed by atoms with Crippen LogP contribution in [0.2, 0.25) is 0 Å². The number of aryl methyl sites for hydroxylation is 1. The second-order valence-corrected chi connectivity index (χ2v) is 6.88. The van der Waals surface area contributed by atoms with E-state index >= 15 is 0 Å². The molecule has 7 heteroatoms. The van der Waals surface area contributed by atoms with Crippen LogP contribution in [0.25, 0.3) is 11.0 Å². The summed E-state index contributed by atoms with van der Waals surface area (Å²) in [5.41, 5.74) is 2.03. The Balaban J connectivity index is 1.83. The average molecular weight is 387 g/mol. The zero-order chi connectivity index (χ0) is 19.4. The molecule has 1 aromatic carbocycles. The maximum atomic E-state index is 12.4. The van der Waals surface area contributed by atoms with E-state index in [1.807, 2.05) is 11.4 Å². The molecule has 0 atom stereocenters. The minimum Gasteiger partial charge on any atom is -0.496 e. The van der Waals surface area contributed by atoms with E-state index < -0.39 is 5.63 Å². The van der Waals surface area contributed by atoms with Crippen LogP contribution in [0.1, 0.15) is 16.7 Å². The van der Waals surface area contributed by atoms with Gasteiger partial charge in [0.05, 0.1) is 31.6 Å². The summed E-state index contributed by atoms with van der Waals surface area (Å²) >= 11 is 1.62. The lowest BCUT2D eigenvalue weighted by Gasteiger charge is -2.12. The number of thiophene rings is 1. The monoisotopic (exact) mass is 387 g/mol. The van der Waals surface area contributed by atoms with E-state index in [4.69, 9.17) is 13.9 Å². The van der Waals surface area contributed by atoms with Gasteiger partial charge in [-0.15, -0.1) is 0 Å². The number of ether oxygens (including phenoxy) is 2. The van der Waals surface area contributed by atoms with Gasteiger partial charge in [0.15, 0.2) is 0 Å². The molecule has 0 fully saturated rings. The van der Waals surface area contributed by atoms with Gasteiger partial charge in [-0.2, -0.15) is 11.3 Å². The Morgan fingerprint density at radius 3 is 2.74 bits per heavy atom. The molecular weight excluding hydrogens is 366 g/mol. The first-order valence-corrected chi connectivity index (χ1v) is 9.44. The Kier molecular flexibility index (Phi) is 5.81. The molecule has 0 aliphatic heterocycles. The van der Waals surface area contributed by atoms with Gasteiger partial charge in [0.2, 0.25) is 5.91 Å². The third-order valence-corrected chi connectivity index (χ3v) is 5.16. The molecule has 0 aliphatic carbocycles. The maximum absolute atomic E-state index is 12.4. The molecule has 27 heavy (non-hydrogen) atoms. The molecule has 1 N–H and O–H groups in total. The topological polar surface area (TPSA) is 77.8 Å². The molecule has 0 radical (unpaired) electrons. The van der Waals surface area contributed by atoms with Gasteiger partial charge in [-0.25, -0.2) is 4.79 Å². The number of carbonyl (C=O) groups excluding carboxylic acids is 1. The van der Waals surface area contributed by atoms with Gasteiger partial charge in [0.1, 0.15) is 17.1 Å². The number of hydrogen-bond acceptors (Lipinski definition) is 6. The standard InChI is InChI=1S/C20H21NO5S/c1-12-15(10-18(22)21-6-4-13-5-7-27-11-13)20(23)26-17-9-14(24-2)8-16(25-3)19(12)17/h5,7-9,11H,4,6,10H2,1-3H3,(H,21,22). The van der Waals surface area contributed by atoms with Gasteiger partial charge in [0.25, 0.3) is 0 Å². The Bertz CT molecular complexity index is 1010. The number of carbonyl (C=O) groups is 1. The molecule has 2 heterocycles. The van der Waals surface area contributed by atoms with E-state index in [1.54, 1.807) is 30.4 Å². The van der Waals surface area contributed by atoms with Crippen molar-refractivity contribution >= 4 is 28.2 Å². The van der Waals surface area contributed by atoms with Crippen LogP contribution in [-0.4, -0.2) is 26.7 Å². The molecule has 0 aliphatic rings. The Labute approximate surface area is 160 Å². The lowest BCUT2D eigenvalue weighted by atomic mass is 10.0. The number of nitrogens with one attached hydrogen (secondary N) is 1. The number of amides is 1. The summed E-state index contributed by atoms with van der Waals surface area (Å²) in [5.74, 6) is 0.845. The number of benzene rings is 1. The lowest BCUT2D eigenvalue weighted by Crippen LogP contribution is -2.29. The molecule has 0 saturated carbocycles. The van der Waals surface area contributed by atoms with E-state index in [0.717, 1.165) is 6.42 Å². The molecule has 3 aromatic rings. The fraction of sp³-hybridized carbons (Fsp3) is 0.300. The van der Waals surface area contributed by atoms with Crippen molar-refractivity contribution in [1.82, 2.24) is 5.32 Å². The van der Waals surface area contributed by atoms with E-state index in [0.29, 0.717) is 40.1 Å². The van der Waals surface area contributed by atoms with Crippen LogP contribution in [0, 0.1) is 6.92 Å². The van der Waals surface area contributed by atoms with Crippen molar-refractivity contribution in [1.29, 1.82) is 0 Å². The number of rotatable bonds is 7. The van der Waals surface area contributed by atoms with E-state index in [1.165, 1.54) is 19.8 Å². The van der Waals surface area contributed by atoms with Gasteiger partial charge < -0.3 is 19.2 Å². The van der Waals surface area contributed by atoms with Crippen LogP contribution >= 0.6 is 11.3 Å². The molecule has 0 bridgehead atoms. The molecular formula is C20H21NO5S. The molecule has 3 rings (SSSR count). The third-order valence-electron chi connectivity index (χ3n) is 4.43. The van der Waals surface area contributed by atoms with Crippen molar-refractivity contribution < 1.29 is 18.7 Å². The highest BCUT2D eigenvalue weighted by molar-refractivity contribution is 7.07. The molecule has 0 saturated heterocycles. The zero-order valence-corrected chi connectivity index (χ0v) is 16.3. The molecule has 0 unspecified atom stereocenters. The van der Waals surface area contributed by atoms with Crippen LogP contribution in [0.5, 0.6) is 11.5 Å². The minimum atomic E-state index is -0.525. The number of hydrogen-bond donors (Lipinski definition) is 1. The Hall–Kier alpha value is -2.80. The third kappa shape index (κ3) is 4.14. The summed E-state index contributed by atoms with van der Waals surface area (Å²) < 4.78 is 16.1. The highest BCUT2D eigenvalue weighted by atomic mass is 32.1. The van der Waals surface area contributed by atoms with Crippen molar-refractivity contribution in [2.75, 3.05) is 20.8 Å². The van der Waals surface area contributed by atoms with E-state index in [-0.39, 0.29) is 12.3 Å². The van der Waals surface area contributed by atoms with Crippen LogP contribution in [0.15, 0.2) is 38.2 Å². The van der Waals surface area contributed by atoms with Crippen LogP contribution in [-0.2, 0) is 17.6 Å². The van der Waals surface area contributed by atoms with Crippen LogP contribution in [0.4, 0.5) is 0 Å². The first kappa shape index (κ1) is 19.0. The Morgan fingerprint density at radius 2 is 2.07 bits per heavy atom. The van der Waals surface area contributed by atoms with E-state index in [9.17, 15) is 9.59 Å². The predicted octanol–water partition coefficient (Wildman–Crippen LogP) is 3.08. The molecule has 2 aromatic heterocycles. The largest absolute Gasteiger partial charge is 0.496 e. The zero-order valence-electron chi connectivity index (χ0n) is 15.5. The highest BCUT2D eigenvalue weighted by Gasteiger charge is 2.18. The Morgan fingerprint density at radius 1 is 1.26 bits per heavy atom. The lowest BCUT2D eigenvalue weighted by molar-refractivity contribution is -0.120. The van der Waals surface area contributed by atoms with Gasteiger partial charge >= 0.3 is 5.63 Å². The van der Waals surface area contributed by atoms with Gasteiger partial charge in [-0.1, -0.05) is 0 Å². The van der Waals surface area contributed by atoms with Crippen molar-refractivity contribution in [2.45, 2.75) is 19.8 Å². The summed E-state index contributed by atoms with van der Waals surface area (Å²) in [4.78, 5) is 24.7. The van der Waals surface area contributed by atoms with Gasteiger partial charge in [0, 0.05) is 18.7 Å². The summed E-state index contributed by atoms with van der Waals surface area (Å²) in [5, 5.41) is 7.57. The van der Waals surface area contributed by atoms with Gasteiger partial charge in [-0.3, -0.25) is 4.79 Å². The minimum absolute atomic E-state index is 0.0388. The fourth-order valence-electron chi connectivity index (χ4n) is 2.97. The van der Waals surface area contributed by atoms with Crippen LogP contribution in [0.3, 0.4) is 0 Å². The summed E-state index contributed by atoms with van der Waals surface area (Å²) in [6.45, 7) is 2.32. The number of fused-ring (bicyclic) bond motifs is 1. The highest BCUT2D eigenvalue weighted by Crippen LogP contribution is 2.33. The summed E-state index contributed by atoms with van der Waals surface area (Å²) in [7, 11) is 3.07. The van der Waals surface area contributed by atoms with Crippen molar-refractivity contribution in [3.05, 3.63) is 56.1 Å². The van der Waals surface area contributed by atoms with Crippen molar-refractivity contribution in [3.63, 3.8) is 0 Å². The SMILES string of the molecule is COc1cc(OC)c2c(C)c(CC(=O)NCCc3ccsc3)c(=O)oc2c1. The van der Waals surface area contributed by atoms with E-state index in [2.05, 4.69) is 10.7 Å².